The maximum Gasteiger partial charge on any atom is 0.255 e. The monoisotopic (exact) mass is 373 g/mol. The SMILES string of the molecule is CC1CCN(C(=O)c2cnc3c(ccn3-c3ccc(-c4ncn[nH]4)nc3)c2)C1. The second-order valence-corrected chi connectivity index (χ2v) is 7.20. The number of hydrogen-bond donors (Lipinski definition) is 1. The number of hydrogen-bond acceptors (Lipinski definition) is 5. The summed E-state index contributed by atoms with van der Waals surface area (Å²) in [5.74, 6) is 1.25. The molecule has 1 aliphatic rings. The van der Waals surface area contributed by atoms with Gasteiger partial charge in [0.25, 0.3) is 5.91 Å². The molecule has 1 fully saturated rings. The summed E-state index contributed by atoms with van der Waals surface area (Å²) in [7, 11) is 0. The highest BCUT2D eigenvalue weighted by Gasteiger charge is 2.24. The van der Waals surface area contributed by atoms with Crippen LogP contribution in [0.2, 0.25) is 0 Å². The molecular formula is C20H19N7O. The summed E-state index contributed by atoms with van der Waals surface area (Å²) in [6, 6.07) is 7.72. The van der Waals surface area contributed by atoms with E-state index in [1.54, 1.807) is 12.4 Å². The lowest BCUT2D eigenvalue weighted by Crippen LogP contribution is -2.28. The average molecular weight is 373 g/mol. The van der Waals surface area contributed by atoms with Gasteiger partial charge in [-0.1, -0.05) is 6.92 Å². The van der Waals surface area contributed by atoms with E-state index in [2.05, 4.69) is 32.1 Å². The molecule has 5 heterocycles. The van der Waals surface area contributed by atoms with Crippen molar-refractivity contribution in [1.29, 1.82) is 0 Å². The molecule has 4 aromatic rings. The molecule has 1 saturated heterocycles. The Balaban J connectivity index is 1.44. The molecule has 28 heavy (non-hydrogen) atoms. The van der Waals surface area contributed by atoms with Gasteiger partial charge in [0.15, 0.2) is 5.82 Å². The summed E-state index contributed by atoms with van der Waals surface area (Å²) < 4.78 is 1.96. The largest absolute Gasteiger partial charge is 0.338 e. The Hall–Kier alpha value is -3.55. The van der Waals surface area contributed by atoms with Crippen LogP contribution < -0.4 is 0 Å². The predicted octanol–water partition coefficient (Wildman–Crippen LogP) is 2.69. The number of aromatic nitrogens is 6. The first-order valence-corrected chi connectivity index (χ1v) is 9.27. The summed E-state index contributed by atoms with van der Waals surface area (Å²) in [5.41, 5.74) is 3.04. The number of carbonyl (C=O) groups excluding carboxylic acids is 1. The van der Waals surface area contributed by atoms with Crippen LogP contribution in [-0.2, 0) is 0 Å². The van der Waals surface area contributed by atoms with Crippen LogP contribution in [0, 0.1) is 5.92 Å². The molecule has 4 aromatic heterocycles. The van der Waals surface area contributed by atoms with Crippen LogP contribution in [-0.4, -0.2) is 53.6 Å². The average Bonchev–Trinajstić information content (AvgIpc) is 3.48. The number of carbonyl (C=O) groups is 1. The molecule has 0 bridgehead atoms. The van der Waals surface area contributed by atoms with Gasteiger partial charge in [-0.2, -0.15) is 5.10 Å². The topological polar surface area (TPSA) is 92.6 Å². The zero-order valence-electron chi connectivity index (χ0n) is 15.4. The third-order valence-electron chi connectivity index (χ3n) is 5.17. The summed E-state index contributed by atoms with van der Waals surface area (Å²) in [6.45, 7) is 3.82. The van der Waals surface area contributed by atoms with Crippen molar-refractivity contribution < 1.29 is 4.79 Å². The van der Waals surface area contributed by atoms with Gasteiger partial charge in [-0.05, 0) is 36.6 Å². The van der Waals surface area contributed by atoms with E-state index in [9.17, 15) is 4.79 Å². The maximum absolute atomic E-state index is 12.7. The van der Waals surface area contributed by atoms with E-state index >= 15 is 0 Å². The van der Waals surface area contributed by atoms with E-state index in [-0.39, 0.29) is 5.91 Å². The minimum absolute atomic E-state index is 0.0598. The van der Waals surface area contributed by atoms with Gasteiger partial charge >= 0.3 is 0 Å². The van der Waals surface area contributed by atoms with Crippen molar-refractivity contribution in [2.45, 2.75) is 13.3 Å². The number of nitrogens with zero attached hydrogens (tertiary/aromatic N) is 6. The van der Waals surface area contributed by atoms with E-state index in [4.69, 9.17) is 0 Å². The predicted molar refractivity (Wildman–Crippen MR) is 104 cm³/mol. The molecule has 140 valence electrons. The van der Waals surface area contributed by atoms with Crippen LogP contribution in [0.15, 0.2) is 49.2 Å². The molecule has 0 saturated carbocycles. The van der Waals surface area contributed by atoms with Crippen LogP contribution in [0.3, 0.4) is 0 Å². The number of H-pyrrole nitrogens is 1. The van der Waals surface area contributed by atoms with Gasteiger partial charge in [-0.3, -0.25) is 19.4 Å². The number of amides is 1. The van der Waals surface area contributed by atoms with Gasteiger partial charge < -0.3 is 4.90 Å². The first-order valence-electron chi connectivity index (χ1n) is 9.27. The molecule has 0 aliphatic carbocycles. The van der Waals surface area contributed by atoms with Crippen LogP contribution in [0.25, 0.3) is 28.2 Å². The Morgan fingerprint density at radius 2 is 2.11 bits per heavy atom. The number of fused-ring (bicyclic) bond motifs is 1. The molecule has 5 rings (SSSR count). The summed E-state index contributed by atoms with van der Waals surface area (Å²) in [5, 5.41) is 7.57. The number of pyridine rings is 2. The van der Waals surface area contributed by atoms with Crippen LogP contribution in [0.1, 0.15) is 23.7 Å². The first kappa shape index (κ1) is 16.6. The fourth-order valence-electron chi connectivity index (χ4n) is 3.65. The van der Waals surface area contributed by atoms with Gasteiger partial charge in [0.2, 0.25) is 0 Å². The number of aromatic amines is 1. The van der Waals surface area contributed by atoms with Crippen LogP contribution >= 0.6 is 0 Å². The second kappa shape index (κ2) is 6.56. The van der Waals surface area contributed by atoms with E-state index < -0.39 is 0 Å². The summed E-state index contributed by atoms with van der Waals surface area (Å²) >= 11 is 0. The first-order chi connectivity index (χ1) is 13.7. The third-order valence-corrected chi connectivity index (χ3v) is 5.17. The van der Waals surface area contributed by atoms with Crippen molar-refractivity contribution in [3.8, 4) is 17.2 Å². The smallest absolute Gasteiger partial charge is 0.255 e. The number of likely N-dealkylation sites (tertiary alicyclic amines) is 1. The molecule has 1 N–H and O–H groups in total. The van der Waals surface area contributed by atoms with E-state index in [0.29, 0.717) is 17.3 Å². The van der Waals surface area contributed by atoms with Crippen LogP contribution in [0.5, 0.6) is 0 Å². The Kier molecular flexibility index (Phi) is 3.89. The Labute approximate surface area is 161 Å². The fraction of sp³-hybridized carbons (Fsp3) is 0.250. The highest BCUT2D eigenvalue weighted by atomic mass is 16.2. The standard InChI is InChI=1S/C20H19N7O/c1-13-4-6-26(11-13)20(28)15-8-14-5-7-27(19(14)22-9-15)16-2-3-17(21-10-16)18-23-12-24-25-18/h2-3,5,7-10,12-13H,4,6,11H2,1H3,(H,23,24,25). The summed E-state index contributed by atoms with van der Waals surface area (Å²) in [6.07, 6.45) is 7.89. The molecule has 8 nitrogen and oxygen atoms in total. The lowest BCUT2D eigenvalue weighted by atomic mass is 10.2. The third kappa shape index (κ3) is 2.83. The number of nitrogens with one attached hydrogen (secondary N) is 1. The van der Waals surface area contributed by atoms with E-state index in [1.807, 2.05) is 39.9 Å². The van der Waals surface area contributed by atoms with Gasteiger partial charge in [0.1, 0.15) is 17.7 Å². The van der Waals surface area contributed by atoms with Crippen molar-refractivity contribution in [3.05, 3.63) is 54.7 Å². The molecule has 0 aromatic carbocycles. The molecular weight excluding hydrogens is 354 g/mol. The maximum atomic E-state index is 12.7. The minimum atomic E-state index is 0.0598. The van der Waals surface area contributed by atoms with Crippen molar-refractivity contribution >= 4 is 16.9 Å². The molecule has 1 aliphatic heterocycles. The molecule has 8 heteroatoms. The quantitative estimate of drug-likeness (QED) is 0.596. The van der Waals surface area contributed by atoms with Gasteiger partial charge in [0.05, 0.1) is 17.4 Å². The Morgan fingerprint density at radius 1 is 1.18 bits per heavy atom. The lowest BCUT2D eigenvalue weighted by molar-refractivity contribution is 0.0788. The summed E-state index contributed by atoms with van der Waals surface area (Å²) in [4.78, 5) is 27.7. The molecule has 1 amide bonds. The van der Waals surface area contributed by atoms with Crippen molar-refractivity contribution in [3.63, 3.8) is 0 Å². The minimum Gasteiger partial charge on any atom is -0.338 e. The Bertz CT molecular complexity index is 1130. The molecule has 1 unspecified atom stereocenters. The van der Waals surface area contributed by atoms with Gasteiger partial charge in [-0.15, -0.1) is 0 Å². The second-order valence-electron chi connectivity index (χ2n) is 7.20. The molecule has 0 radical (unpaired) electrons. The zero-order chi connectivity index (χ0) is 19.1. The molecule has 0 spiro atoms. The number of rotatable bonds is 3. The van der Waals surface area contributed by atoms with E-state index in [1.165, 1.54) is 6.33 Å². The lowest BCUT2D eigenvalue weighted by Gasteiger charge is -2.15. The fourth-order valence-corrected chi connectivity index (χ4v) is 3.65. The zero-order valence-corrected chi connectivity index (χ0v) is 15.4. The van der Waals surface area contributed by atoms with Gasteiger partial charge in [0, 0.05) is 30.9 Å². The van der Waals surface area contributed by atoms with Crippen LogP contribution in [0.4, 0.5) is 0 Å². The van der Waals surface area contributed by atoms with Crippen molar-refractivity contribution in [2.75, 3.05) is 13.1 Å². The van der Waals surface area contributed by atoms with Crippen molar-refractivity contribution in [1.82, 2.24) is 34.6 Å². The highest BCUT2D eigenvalue weighted by molar-refractivity contribution is 5.97. The highest BCUT2D eigenvalue weighted by Crippen LogP contribution is 2.23. The molecule has 1 atom stereocenters. The van der Waals surface area contributed by atoms with E-state index in [0.717, 1.165) is 41.9 Å². The van der Waals surface area contributed by atoms with Crippen molar-refractivity contribution in [2.24, 2.45) is 5.92 Å². The van der Waals surface area contributed by atoms with Gasteiger partial charge in [-0.25, -0.2) is 9.97 Å². The Morgan fingerprint density at radius 3 is 2.82 bits per heavy atom. The normalized spacial score (nSPS) is 16.8.